The van der Waals surface area contributed by atoms with Crippen LogP contribution in [0.3, 0.4) is 0 Å². The van der Waals surface area contributed by atoms with Crippen LogP contribution in [-0.4, -0.2) is 46.7 Å². The maximum absolute atomic E-state index is 12.3. The Morgan fingerprint density at radius 2 is 2.00 bits per heavy atom. The highest BCUT2D eigenvalue weighted by molar-refractivity contribution is 7.99. The number of piperidine rings is 1. The normalized spacial score (nSPS) is 13.9. The van der Waals surface area contributed by atoms with E-state index in [1.54, 1.807) is 31.4 Å². The minimum absolute atomic E-state index is 0.0395. The topological polar surface area (TPSA) is 99.1 Å². The molecule has 0 atom stereocenters. The molecule has 2 heterocycles. The quantitative estimate of drug-likeness (QED) is 0.628. The van der Waals surface area contributed by atoms with Gasteiger partial charge in [0.05, 0.1) is 18.6 Å². The van der Waals surface area contributed by atoms with Gasteiger partial charge in [-0.3, -0.25) is 9.59 Å². The number of carbonyl (C=O) groups is 1. The van der Waals surface area contributed by atoms with Gasteiger partial charge in [0.25, 0.3) is 5.56 Å². The summed E-state index contributed by atoms with van der Waals surface area (Å²) in [4.78, 5) is 33.5. The van der Waals surface area contributed by atoms with E-state index in [0.29, 0.717) is 22.2 Å². The molecule has 8 heteroatoms. The number of nitrogens with zero attached hydrogens (tertiary/aromatic N) is 3. The van der Waals surface area contributed by atoms with Crippen molar-refractivity contribution in [3.8, 4) is 23.1 Å². The van der Waals surface area contributed by atoms with E-state index < -0.39 is 5.56 Å². The number of likely N-dealkylation sites (tertiary alicyclic amines) is 1. The van der Waals surface area contributed by atoms with E-state index in [1.165, 1.54) is 11.8 Å². The van der Waals surface area contributed by atoms with E-state index >= 15 is 0 Å². The predicted octanol–water partition coefficient (Wildman–Crippen LogP) is 2.42. The molecule has 1 aromatic heterocycles. The first kappa shape index (κ1) is 19.0. The summed E-state index contributed by atoms with van der Waals surface area (Å²) in [7, 11) is 1.56. The first-order chi connectivity index (χ1) is 13.1. The lowest BCUT2D eigenvalue weighted by molar-refractivity contribution is -0.129. The number of carbonyl (C=O) groups excluding carboxylic acids is 1. The van der Waals surface area contributed by atoms with Crippen molar-refractivity contribution in [1.29, 1.82) is 5.26 Å². The highest BCUT2D eigenvalue weighted by atomic mass is 32.2. The summed E-state index contributed by atoms with van der Waals surface area (Å²) in [5.41, 5.74) is 0.387. The Hall–Kier alpha value is -2.79. The number of rotatable bonds is 5. The van der Waals surface area contributed by atoms with Crippen LogP contribution in [0.4, 0.5) is 0 Å². The van der Waals surface area contributed by atoms with Gasteiger partial charge < -0.3 is 14.6 Å². The molecule has 27 heavy (non-hydrogen) atoms. The molecule has 0 radical (unpaired) electrons. The van der Waals surface area contributed by atoms with Crippen LogP contribution in [0, 0.1) is 11.3 Å². The van der Waals surface area contributed by atoms with Crippen molar-refractivity contribution in [3.63, 3.8) is 0 Å². The molecule has 0 bridgehead atoms. The Bertz CT molecular complexity index is 912. The van der Waals surface area contributed by atoms with Gasteiger partial charge in [-0.05, 0) is 43.5 Å². The lowest BCUT2D eigenvalue weighted by Crippen LogP contribution is -2.36. The van der Waals surface area contributed by atoms with Crippen LogP contribution in [0.25, 0.3) is 11.3 Å². The average molecular weight is 384 g/mol. The van der Waals surface area contributed by atoms with Crippen molar-refractivity contribution in [3.05, 3.63) is 40.2 Å². The SMILES string of the molecule is COc1ccc(-c2nc(SCC(=O)N3CCCCC3)[nH]c(=O)c2C#N)cc1. The van der Waals surface area contributed by atoms with Gasteiger partial charge in [-0.15, -0.1) is 0 Å². The Morgan fingerprint density at radius 3 is 2.63 bits per heavy atom. The second-order valence-corrected chi connectivity index (χ2v) is 7.13. The predicted molar refractivity (Wildman–Crippen MR) is 103 cm³/mol. The maximum atomic E-state index is 12.3. The third-order valence-corrected chi connectivity index (χ3v) is 5.27. The van der Waals surface area contributed by atoms with Gasteiger partial charge in [0.2, 0.25) is 5.91 Å². The molecule has 1 fully saturated rings. The number of aromatic nitrogens is 2. The Kier molecular flexibility index (Phi) is 6.14. The van der Waals surface area contributed by atoms with E-state index in [4.69, 9.17) is 4.74 Å². The number of hydrogen-bond acceptors (Lipinski definition) is 6. The summed E-state index contributed by atoms with van der Waals surface area (Å²) >= 11 is 1.18. The largest absolute Gasteiger partial charge is 0.497 e. The van der Waals surface area contributed by atoms with Crippen LogP contribution < -0.4 is 10.3 Å². The minimum atomic E-state index is -0.508. The summed E-state index contributed by atoms with van der Waals surface area (Å²) in [5, 5.41) is 9.67. The molecule has 7 nitrogen and oxygen atoms in total. The zero-order valence-electron chi connectivity index (χ0n) is 15.0. The van der Waals surface area contributed by atoms with Crippen LogP contribution in [0.1, 0.15) is 24.8 Å². The summed E-state index contributed by atoms with van der Waals surface area (Å²) in [6.07, 6.45) is 3.22. The fourth-order valence-corrected chi connectivity index (χ4v) is 3.71. The summed E-state index contributed by atoms with van der Waals surface area (Å²) in [5.74, 6) is 0.915. The average Bonchev–Trinajstić information content (AvgIpc) is 2.72. The van der Waals surface area contributed by atoms with Crippen LogP contribution in [0.5, 0.6) is 5.75 Å². The highest BCUT2D eigenvalue weighted by Crippen LogP contribution is 2.24. The molecule has 1 aliphatic heterocycles. The number of thioether (sulfide) groups is 1. The molecular weight excluding hydrogens is 364 g/mol. The van der Waals surface area contributed by atoms with Crippen molar-refractivity contribution in [1.82, 2.24) is 14.9 Å². The van der Waals surface area contributed by atoms with E-state index in [2.05, 4.69) is 9.97 Å². The molecule has 0 aliphatic carbocycles. The number of nitriles is 1. The fourth-order valence-electron chi connectivity index (χ4n) is 2.95. The van der Waals surface area contributed by atoms with Gasteiger partial charge in [0.1, 0.15) is 17.4 Å². The van der Waals surface area contributed by atoms with Crippen molar-refractivity contribution in [2.24, 2.45) is 0 Å². The molecule has 3 rings (SSSR count). The zero-order chi connectivity index (χ0) is 19.2. The van der Waals surface area contributed by atoms with Crippen LogP contribution in [-0.2, 0) is 4.79 Å². The van der Waals surface area contributed by atoms with Crippen molar-refractivity contribution >= 4 is 17.7 Å². The Morgan fingerprint density at radius 1 is 1.30 bits per heavy atom. The standard InChI is InChI=1S/C19H20N4O3S/c1-26-14-7-5-13(6-8-14)17-15(11-20)18(25)22-19(21-17)27-12-16(24)23-9-3-2-4-10-23/h5-8H,2-4,9-10,12H2,1H3,(H,21,22,25). The number of hydrogen-bond donors (Lipinski definition) is 1. The van der Waals surface area contributed by atoms with Crippen LogP contribution in [0.2, 0.25) is 0 Å². The van der Waals surface area contributed by atoms with Gasteiger partial charge in [-0.1, -0.05) is 11.8 Å². The number of ether oxygens (including phenoxy) is 1. The van der Waals surface area contributed by atoms with Gasteiger partial charge in [-0.2, -0.15) is 5.26 Å². The third-order valence-electron chi connectivity index (χ3n) is 4.41. The molecule has 0 saturated carbocycles. The van der Waals surface area contributed by atoms with Gasteiger partial charge in [-0.25, -0.2) is 4.98 Å². The molecule has 1 amide bonds. The van der Waals surface area contributed by atoms with E-state index in [0.717, 1.165) is 32.4 Å². The number of nitrogens with one attached hydrogen (secondary N) is 1. The first-order valence-corrected chi connectivity index (χ1v) is 9.70. The summed E-state index contributed by atoms with van der Waals surface area (Å²) < 4.78 is 5.13. The van der Waals surface area contributed by atoms with Crippen molar-refractivity contribution in [2.75, 3.05) is 26.0 Å². The van der Waals surface area contributed by atoms with Gasteiger partial charge in [0, 0.05) is 18.7 Å². The van der Waals surface area contributed by atoms with Crippen molar-refractivity contribution in [2.45, 2.75) is 24.4 Å². The van der Waals surface area contributed by atoms with Gasteiger partial charge in [0.15, 0.2) is 5.16 Å². The second-order valence-electron chi connectivity index (χ2n) is 6.17. The molecule has 1 aromatic carbocycles. The summed E-state index contributed by atoms with van der Waals surface area (Å²) in [6.45, 7) is 1.57. The van der Waals surface area contributed by atoms with E-state index in [-0.39, 0.29) is 17.2 Å². The fraction of sp³-hybridized carbons (Fsp3) is 0.368. The third kappa shape index (κ3) is 4.49. The minimum Gasteiger partial charge on any atom is -0.497 e. The molecule has 0 spiro atoms. The Balaban J connectivity index is 1.82. The number of benzene rings is 1. The van der Waals surface area contributed by atoms with Crippen molar-refractivity contribution < 1.29 is 9.53 Å². The van der Waals surface area contributed by atoms with E-state index in [9.17, 15) is 14.9 Å². The molecule has 1 N–H and O–H groups in total. The molecule has 1 saturated heterocycles. The highest BCUT2D eigenvalue weighted by Gasteiger charge is 2.18. The van der Waals surface area contributed by atoms with Gasteiger partial charge >= 0.3 is 0 Å². The lowest BCUT2D eigenvalue weighted by Gasteiger charge is -2.26. The molecule has 140 valence electrons. The molecule has 1 aliphatic rings. The molecule has 0 unspecified atom stereocenters. The number of aromatic amines is 1. The van der Waals surface area contributed by atoms with Crippen LogP contribution >= 0.6 is 11.8 Å². The lowest BCUT2D eigenvalue weighted by atomic mass is 10.1. The number of amides is 1. The Labute approximate surface area is 161 Å². The molecule has 2 aromatic rings. The second kappa shape index (κ2) is 8.73. The van der Waals surface area contributed by atoms with E-state index in [1.807, 2.05) is 11.0 Å². The number of H-pyrrole nitrogens is 1. The zero-order valence-corrected chi connectivity index (χ0v) is 15.8. The first-order valence-electron chi connectivity index (χ1n) is 8.72. The number of methoxy groups -OCH3 is 1. The summed E-state index contributed by atoms with van der Waals surface area (Å²) in [6, 6.07) is 8.89. The maximum Gasteiger partial charge on any atom is 0.270 e. The molecular formula is C19H20N4O3S. The monoisotopic (exact) mass is 384 g/mol. The van der Waals surface area contributed by atoms with Crippen LogP contribution in [0.15, 0.2) is 34.2 Å². The smallest absolute Gasteiger partial charge is 0.270 e.